The van der Waals surface area contributed by atoms with Crippen molar-refractivity contribution in [3.63, 3.8) is 0 Å². The quantitative estimate of drug-likeness (QED) is 0.408. The van der Waals surface area contributed by atoms with Crippen LogP contribution in [0.2, 0.25) is 0 Å². The van der Waals surface area contributed by atoms with E-state index in [1.54, 1.807) is 6.20 Å². The molecule has 23 heavy (non-hydrogen) atoms. The molecule has 2 heteroatoms. The zero-order valence-corrected chi connectivity index (χ0v) is 16.2. The number of hydrogen-bond acceptors (Lipinski definition) is 1. The third kappa shape index (κ3) is 4.66. The van der Waals surface area contributed by atoms with Crippen LogP contribution in [0.3, 0.4) is 0 Å². The van der Waals surface area contributed by atoms with Gasteiger partial charge in [-0.05, 0) is 11.8 Å². The fourth-order valence-electron chi connectivity index (χ4n) is 2.48. The summed E-state index contributed by atoms with van der Waals surface area (Å²) in [6.07, 6.45) is 1.79. The van der Waals surface area contributed by atoms with Gasteiger partial charge in [-0.2, -0.15) is 27.8 Å². The summed E-state index contributed by atoms with van der Waals surface area (Å²) < 4.78 is 0. The summed E-state index contributed by atoms with van der Waals surface area (Å²) in [7, 11) is 0. The standard InChI is InChI=1S/C11H8N.C10H15.Rh.H/c1-2-6-10(7-3-1)11-8-4-5-9-12-11;1-6-7(2)9(4)10(5)8(6)3;;/h1-6,8-9H;1-5H3;;/q2*-1;+2;. The van der Waals surface area contributed by atoms with Crippen molar-refractivity contribution in [2.45, 2.75) is 34.6 Å². The minimum atomic E-state index is 0. The maximum absolute atomic E-state index is 4.22. The van der Waals surface area contributed by atoms with E-state index in [1.807, 2.05) is 42.5 Å². The van der Waals surface area contributed by atoms with Gasteiger partial charge in [-0.15, -0.1) is 35.9 Å². The van der Waals surface area contributed by atoms with Crippen LogP contribution in [-0.4, -0.2) is 4.98 Å². The molecule has 0 fully saturated rings. The van der Waals surface area contributed by atoms with E-state index in [9.17, 15) is 0 Å². The molecule has 3 aromatic rings. The van der Waals surface area contributed by atoms with Crippen molar-refractivity contribution in [2.24, 2.45) is 0 Å². The number of hydrogen-bond donors (Lipinski definition) is 0. The third-order valence-corrected chi connectivity index (χ3v) is 4.46. The van der Waals surface area contributed by atoms with Gasteiger partial charge in [-0.25, -0.2) is 0 Å². The molecule has 1 radical (unpaired) electrons. The Hall–Kier alpha value is -1.66. The predicted octanol–water partition coefficient (Wildman–Crippen LogP) is 5.23. The SMILES string of the molecule is Cc1c(C)c(C)[c-](C)c1C.[RhH+2].[c-]1ccccc1-c1ccccn1. The van der Waals surface area contributed by atoms with Gasteiger partial charge >= 0.3 is 19.5 Å². The summed E-state index contributed by atoms with van der Waals surface area (Å²) in [5.41, 5.74) is 9.35. The van der Waals surface area contributed by atoms with Crippen molar-refractivity contribution in [2.75, 3.05) is 0 Å². The molecule has 0 N–H and O–H groups in total. The van der Waals surface area contributed by atoms with E-state index in [1.165, 1.54) is 27.8 Å². The first-order valence-electron chi connectivity index (χ1n) is 7.60. The van der Waals surface area contributed by atoms with Crippen LogP contribution >= 0.6 is 0 Å². The normalized spacial score (nSPS) is 9.61. The monoisotopic (exact) mass is 393 g/mol. The Morgan fingerprint density at radius 3 is 1.87 bits per heavy atom. The zero-order valence-electron chi connectivity index (χ0n) is 14.4. The Balaban J connectivity index is 0.000000224. The predicted molar refractivity (Wildman–Crippen MR) is 95.6 cm³/mol. The molecule has 0 aliphatic heterocycles. The van der Waals surface area contributed by atoms with Crippen LogP contribution in [0.25, 0.3) is 11.3 Å². The van der Waals surface area contributed by atoms with E-state index in [2.05, 4.69) is 45.7 Å². The maximum Gasteiger partial charge on any atom is 0.0160 e. The average Bonchev–Trinajstić information content (AvgIpc) is 2.75. The number of nitrogens with zero attached hydrogens (tertiary/aromatic N) is 1. The molecule has 0 atom stereocenters. The van der Waals surface area contributed by atoms with Crippen LogP contribution in [0.15, 0.2) is 48.7 Å². The van der Waals surface area contributed by atoms with E-state index < -0.39 is 0 Å². The second kappa shape index (κ2) is 8.84. The van der Waals surface area contributed by atoms with Gasteiger partial charge < -0.3 is 4.98 Å². The molecule has 2 aromatic carbocycles. The molecule has 0 saturated carbocycles. The summed E-state index contributed by atoms with van der Waals surface area (Å²) in [5.74, 6) is 0. The van der Waals surface area contributed by atoms with Crippen LogP contribution in [0.5, 0.6) is 0 Å². The summed E-state index contributed by atoms with van der Waals surface area (Å²) in [6, 6.07) is 16.8. The fourth-order valence-corrected chi connectivity index (χ4v) is 2.48. The maximum atomic E-state index is 4.22. The van der Waals surface area contributed by atoms with Crippen molar-refractivity contribution < 1.29 is 19.5 Å². The second-order valence-corrected chi connectivity index (χ2v) is 5.62. The summed E-state index contributed by atoms with van der Waals surface area (Å²) in [4.78, 5) is 4.22. The molecule has 0 aliphatic carbocycles. The van der Waals surface area contributed by atoms with Gasteiger partial charge in [-0.3, -0.25) is 0 Å². The Labute approximate surface area is 152 Å². The minimum Gasteiger partial charge on any atom is -0.305 e. The smallest absolute Gasteiger partial charge is 0.0160 e. The Morgan fingerprint density at radius 1 is 0.870 bits per heavy atom. The van der Waals surface area contributed by atoms with Crippen LogP contribution in [0, 0.1) is 40.7 Å². The van der Waals surface area contributed by atoms with Crippen LogP contribution in [0.1, 0.15) is 27.8 Å². The molecular weight excluding hydrogens is 369 g/mol. The van der Waals surface area contributed by atoms with E-state index in [0.29, 0.717) is 0 Å². The van der Waals surface area contributed by atoms with Crippen molar-refractivity contribution in [1.82, 2.24) is 4.98 Å². The molecule has 122 valence electrons. The van der Waals surface area contributed by atoms with Crippen molar-refractivity contribution >= 4 is 0 Å². The number of aromatic nitrogens is 1. The largest absolute Gasteiger partial charge is 0.305 e. The van der Waals surface area contributed by atoms with Gasteiger partial charge in [0.15, 0.2) is 0 Å². The molecular formula is C21H24NRh. The summed E-state index contributed by atoms with van der Waals surface area (Å²) in [6.45, 7) is 11.0. The second-order valence-electron chi connectivity index (χ2n) is 5.62. The van der Waals surface area contributed by atoms with Crippen LogP contribution in [-0.2, 0) is 19.5 Å². The number of rotatable bonds is 1. The van der Waals surface area contributed by atoms with E-state index in [-0.39, 0.29) is 19.5 Å². The molecule has 1 aromatic heterocycles. The van der Waals surface area contributed by atoms with Gasteiger partial charge in [0.1, 0.15) is 0 Å². The molecule has 1 heterocycles. The minimum absolute atomic E-state index is 0. The first kappa shape index (κ1) is 19.4. The first-order chi connectivity index (χ1) is 10.5. The Bertz CT molecular complexity index is 610. The molecule has 0 saturated heterocycles. The van der Waals surface area contributed by atoms with Gasteiger partial charge in [-0.1, -0.05) is 46.8 Å². The van der Waals surface area contributed by atoms with E-state index in [0.717, 1.165) is 11.3 Å². The van der Waals surface area contributed by atoms with Crippen molar-refractivity contribution in [3.8, 4) is 11.3 Å². The zero-order chi connectivity index (χ0) is 16.1. The van der Waals surface area contributed by atoms with Crippen molar-refractivity contribution in [3.05, 3.63) is 82.5 Å². The topological polar surface area (TPSA) is 12.9 Å². The number of pyridine rings is 1. The van der Waals surface area contributed by atoms with Gasteiger partial charge in [0, 0.05) is 6.20 Å². The van der Waals surface area contributed by atoms with Gasteiger partial charge in [0.2, 0.25) is 0 Å². The molecule has 0 aliphatic rings. The van der Waals surface area contributed by atoms with Crippen molar-refractivity contribution in [1.29, 1.82) is 0 Å². The van der Waals surface area contributed by atoms with E-state index >= 15 is 0 Å². The van der Waals surface area contributed by atoms with Crippen LogP contribution in [0.4, 0.5) is 0 Å². The molecule has 0 spiro atoms. The Morgan fingerprint density at radius 2 is 1.48 bits per heavy atom. The molecule has 0 bridgehead atoms. The van der Waals surface area contributed by atoms with Gasteiger partial charge in [0.05, 0.1) is 0 Å². The summed E-state index contributed by atoms with van der Waals surface area (Å²) in [5, 5.41) is 0. The third-order valence-electron chi connectivity index (χ3n) is 4.46. The van der Waals surface area contributed by atoms with E-state index in [4.69, 9.17) is 0 Å². The molecule has 1 nitrogen and oxygen atoms in total. The van der Waals surface area contributed by atoms with Crippen LogP contribution < -0.4 is 0 Å². The molecule has 0 amide bonds. The number of benzene rings is 1. The summed E-state index contributed by atoms with van der Waals surface area (Å²) >= 11 is 0. The molecule has 0 unspecified atom stereocenters. The first-order valence-corrected chi connectivity index (χ1v) is 7.60. The average molecular weight is 393 g/mol. The van der Waals surface area contributed by atoms with Gasteiger partial charge in [0.25, 0.3) is 0 Å². The Kier molecular flexibility index (Phi) is 7.45. The molecule has 3 rings (SSSR count). The fraction of sp³-hybridized carbons (Fsp3) is 0.238.